The van der Waals surface area contributed by atoms with E-state index in [0.717, 1.165) is 28.4 Å². The van der Waals surface area contributed by atoms with Crippen LogP contribution in [0.2, 0.25) is 0 Å². The molecule has 0 amide bonds. The van der Waals surface area contributed by atoms with Gasteiger partial charge in [0, 0.05) is 11.3 Å². The molecule has 3 nitrogen and oxygen atoms in total. The predicted octanol–water partition coefficient (Wildman–Crippen LogP) is 3.09. The molecule has 0 aromatic heterocycles. The van der Waals surface area contributed by atoms with E-state index in [9.17, 15) is 0 Å². The minimum Gasteiger partial charge on any atom is -0.496 e. The molecule has 102 valence electrons. The fourth-order valence-corrected chi connectivity index (χ4v) is 2.73. The molecule has 1 atom stereocenters. The van der Waals surface area contributed by atoms with Crippen LogP contribution < -0.4 is 15.2 Å². The van der Waals surface area contributed by atoms with E-state index in [1.165, 1.54) is 0 Å². The summed E-state index contributed by atoms with van der Waals surface area (Å²) in [5.41, 5.74) is 6.95. The monoisotopic (exact) mass is 269 g/mol. The molecule has 0 bridgehead atoms. The molecule has 2 N–H and O–H groups in total. The van der Waals surface area contributed by atoms with Gasteiger partial charge in [-0.3, -0.25) is 0 Å². The molecule has 0 spiro atoms. The molecular formula is C14H23NO2S. The zero-order valence-electron chi connectivity index (χ0n) is 11.8. The van der Waals surface area contributed by atoms with Crippen LogP contribution in [0.4, 0.5) is 0 Å². The summed E-state index contributed by atoms with van der Waals surface area (Å²) in [6.45, 7) is 6.31. The van der Waals surface area contributed by atoms with E-state index in [1.54, 1.807) is 26.0 Å². The van der Waals surface area contributed by atoms with Gasteiger partial charge in [-0.25, -0.2) is 0 Å². The maximum Gasteiger partial charge on any atom is 0.132 e. The molecule has 18 heavy (non-hydrogen) atoms. The molecular weight excluding hydrogens is 246 g/mol. The lowest BCUT2D eigenvalue weighted by atomic mass is 10.1. The lowest BCUT2D eigenvalue weighted by Crippen LogP contribution is -2.18. The highest BCUT2D eigenvalue weighted by atomic mass is 32.2. The summed E-state index contributed by atoms with van der Waals surface area (Å²) >= 11 is 1.77. The highest BCUT2D eigenvalue weighted by Crippen LogP contribution is 2.37. The van der Waals surface area contributed by atoms with Gasteiger partial charge in [-0.1, -0.05) is 13.8 Å². The van der Waals surface area contributed by atoms with Gasteiger partial charge in [0.05, 0.1) is 19.1 Å². The van der Waals surface area contributed by atoms with Crippen LogP contribution in [0, 0.1) is 0 Å². The summed E-state index contributed by atoms with van der Waals surface area (Å²) in [5.74, 6) is 1.78. The standard InChI is InChI=1S/C14H23NO2S/c1-9(2)18-14-8-12(16-4)11(6-10(3)15)7-13(14)17-5/h7-10H,6,15H2,1-5H3/t10-/m0/s1. The van der Waals surface area contributed by atoms with Gasteiger partial charge in [0.25, 0.3) is 0 Å². The molecule has 0 radical (unpaired) electrons. The summed E-state index contributed by atoms with van der Waals surface area (Å²) in [6.07, 6.45) is 0.784. The van der Waals surface area contributed by atoms with Crippen molar-refractivity contribution in [1.82, 2.24) is 0 Å². The summed E-state index contributed by atoms with van der Waals surface area (Å²) in [5, 5.41) is 0.503. The second-order valence-corrected chi connectivity index (χ2v) is 6.28. The molecule has 1 aromatic carbocycles. The number of rotatable bonds is 6. The van der Waals surface area contributed by atoms with Crippen LogP contribution in [-0.4, -0.2) is 25.5 Å². The molecule has 0 saturated heterocycles. The Morgan fingerprint density at radius 2 is 1.72 bits per heavy atom. The third-order valence-electron chi connectivity index (χ3n) is 2.47. The third kappa shape index (κ3) is 4.10. The number of nitrogens with two attached hydrogens (primary N) is 1. The molecule has 0 heterocycles. The van der Waals surface area contributed by atoms with Crippen LogP contribution >= 0.6 is 11.8 Å². The Hall–Kier alpha value is -0.870. The van der Waals surface area contributed by atoms with E-state index in [0.29, 0.717) is 5.25 Å². The number of methoxy groups -OCH3 is 2. The first kappa shape index (κ1) is 15.2. The first-order valence-electron chi connectivity index (χ1n) is 6.15. The van der Waals surface area contributed by atoms with E-state index in [1.807, 2.05) is 19.1 Å². The first-order valence-corrected chi connectivity index (χ1v) is 7.03. The average molecular weight is 269 g/mol. The highest BCUT2D eigenvalue weighted by Gasteiger charge is 2.13. The van der Waals surface area contributed by atoms with Gasteiger partial charge in [-0.15, -0.1) is 11.8 Å². The van der Waals surface area contributed by atoms with Gasteiger partial charge < -0.3 is 15.2 Å². The molecule has 0 aliphatic rings. The van der Waals surface area contributed by atoms with E-state index in [4.69, 9.17) is 15.2 Å². The van der Waals surface area contributed by atoms with Crippen LogP contribution in [0.15, 0.2) is 17.0 Å². The SMILES string of the molecule is COc1cc(SC(C)C)c(OC)cc1C[C@H](C)N. The zero-order chi connectivity index (χ0) is 13.7. The predicted molar refractivity (Wildman–Crippen MR) is 77.9 cm³/mol. The molecule has 0 fully saturated rings. The molecule has 0 aliphatic carbocycles. The maximum absolute atomic E-state index is 5.86. The van der Waals surface area contributed by atoms with Crippen molar-refractivity contribution in [2.24, 2.45) is 5.73 Å². The summed E-state index contributed by atoms with van der Waals surface area (Å²) in [7, 11) is 3.39. The molecule has 0 unspecified atom stereocenters. The Kier molecular flexibility index (Phi) is 5.82. The topological polar surface area (TPSA) is 44.5 Å². The van der Waals surface area contributed by atoms with Crippen molar-refractivity contribution in [1.29, 1.82) is 0 Å². The van der Waals surface area contributed by atoms with Gasteiger partial charge in [0.15, 0.2) is 0 Å². The number of thioether (sulfide) groups is 1. The number of hydrogen-bond acceptors (Lipinski definition) is 4. The second-order valence-electron chi connectivity index (χ2n) is 4.66. The lowest BCUT2D eigenvalue weighted by molar-refractivity contribution is 0.389. The normalized spacial score (nSPS) is 12.6. The van der Waals surface area contributed by atoms with E-state index in [-0.39, 0.29) is 6.04 Å². The molecule has 1 rings (SSSR count). The molecule has 1 aromatic rings. The average Bonchev–Trinajstić information content (AvgIpc) is 2.29. The van der Waals surface area contributed by atoms with E-state index < -0.39 is 0 Å². The largest absolute Gasteiger partial charge is 0.496 e. The quantitative estimate of drug-likeness (QED) is 0.806. The van der Waals surface area contributed by atoms with Gasteiger partial charge >= 0.3 is 0 Å². The Balaban J connectivity index is 3.14. The zero-order valence-corrected chi connectivity index (χ0v) is 12.6. The van der Waals surface area contributed by atoms with Crippen LogP contribution in [-0.2, 0) is 6.42 Å². The van der Waals surface area contributed by atoms with Crippen molar-refractivity contribution >= 4 is 11.8 Å². The highest BCUT2D eigenvalue weighted by molar-refractivity contribution is 8.00. The Bertz CT molecular complexity index is 354. The van der Waals surface area contributed by atoms with E-state index in [2.05, 4.69) is 13.8 Å². The summed E-state index contributed by atoms with van der Waals surface area (Å²) in [6, 6.07) is 4.18. The minimum atomic E-state index is 0.104. The first-order chi connectivity index (χ1) is 8.47. The third-order valence-corrected chi connectivity index (χ3v) is 3.52. The lowest BCUT2D eigenvalue weighted by Gasteiger charge is -2.16. The fraction of sp³-hybridized carbons (Fsp3) is 0.571. The molecule has 4 heteroatoms. The van der Waals surface area contributed by atoms with Crippen LogP contribution in [0.3, 0.4) is 0 Å². The maximum atomic E-state index is 5.86. The fourth-order valence-electron chi connectivity index (χ4n) is 1.79. The number of benzene rings is 1. The second kappa shape index (κ2) is 6.90. The van der Waals surface area contributed by atoms with Crippen molar-refractivity contribution in [3.8, 4) is 11.5 Å². The van der Waals surface area contributed by atoms with Gasteiger partial charge in [0.1, 0.15) is 11.5 Å². The Morgan fingerprint density at radius 1 is 1.11 bits per heavy atom. The number of hydrogen-bond donors (Lipinski definition) is 1. The van der Waals surface area contributed by atoms with E-state index >= 15 is 0 Å². The van der Waals surface area contributed by atoms with Gasteiger partial charge in [-0.05, 0) is 31.0 Å². The van der Waals surface area contributed by atoms with Gasteiger partial charge in [0.2, 0.25) is 0 Å². The molecule has 0 aliphatic heterocycles. The van der Waals surface area contributed by atoms with Crippen LogP contribution in [0.25, 0.3) is 0 Å². The Morgan fingerprint density at radius 3 is 2.17 bits per heavy atom. The summed E-state index contributed by atoms with van der Waals surface area (Å²) < 4.78 is 10.9. The number of ether oxygens (including phenoxy) is 2. The van der Waals surface area contributed by atoms with Crippen molar-refractivity contribution < 1.29 is 9.47 Å². The van der Waals surface area contributed by atoms with Crippen LogP contribution in [0.5, 0.6) is 11.5 Å². The van der Waals surface area contributed by atoms with Crippen LogP contribution in [0.1, 0.15) is 26.3 Å². The van der Waals surface area contributed by atoms with Crippen molar-refractivity contribution in [3.63, 3.8) is 0 Å². The molecule has 0 saturated carbocycles. The van der Waals surface area contributed by atoms with Crippen molar-refractivity contribution in [2.75, 3.05) is 14.2 Å². The van der Waals surface area contributed by atoms with Crippen molar-refractivity contribution in [3.05, 3.63) is 17.7 Å². The Labute approximate surface area is 114 Å². The minimum absolute atomic E-state index is 0.104. The van der Waals surface area contributed by atoms with Crippen molar-refractivity contribution in [2.45, 2.75) is 43.4 Å². The smallest absolute Gasteiger partial charge is 0.132 e. The summed E-state index contributed by atoms with van der Waals surface area (Å²) in [4.78, 5) is 1.11. The van der Waals surface area contributed by atoms with Gasteiger partial charge in [-0.2, -0.15) is 0 Å².